The molecule has 0 unspecified atom stereocenters. The van der Waals surface area contributed by atoms with Crippen LogP contribution in [0.4, 0.5) is 0 Å². The monoisotopic (exact) mass is 1440 g/mol. The average Bonchev–Trinajstić information content (AvgIpc) is 0.760. The molecule has 558 valence electrons. The molecule has 18 heteroatoms. The van der Waals surface area contributed by atoms with E-state index in [1.807, 2.05) is 273 Å². The van der Waals surface area contributed by atoms with Crippen molar-refractivity contribution in [2.75, 3.05) is 33.5 Å². The molecular formula is C88H98O18. The van der Waals surface area contributed by atoms with Crippen molar-refractivity contribution in [3.8, 4) is 0 Å². The van der Waals surface area contributed by atoms with Crippen LogP contribution in [0.15, 0.2) is 273 Å². The number of aliphatic hydroxyl groups is 1. The standard InChI is InChI=1S/C88H98O18/c1-91-76(89)50-30-11-31-51-95-87-84(82(100-59-71-46-26-9-27-47-71)79(97-56-68-40-20-6-21-41-68)74(103-87)62-93-53-65-34-14-3-15-35-65)106-88-85(83(101-60-72-48-28-10-29-49-72)80(98-57-69-42-22-7-23-43-69)75(104-88)63-94-54-66-36-16-4-17-37-66)105-86-77(90)81(99-58-70-44-24-8-25-45-70)78(96-55-67-38-18-5-19-39-67)73(102-86)61-92-52-64-32-12-2-13-33-64/h2-10,12-29,32-49,73-75,77-88,90H,11,30-31,50-63H2,1H3/t73-,74-,75-,77-,78-,79-,80-,81-,82+,83+,84+,85+,86+,87+,88+/m1/s1. The molecule has 3 saturated heterocycles. The summed E-state index contributed by atoms with van der Waals surface area (Å²) < 4.78 is 113. The predicted octanol–water partition coefficient (Wildman–Crippen LogP) is 14.2. The molecule has 0 spiro atoms. The van der Waals surface area contributed by atoms with E-state index >= 15 is 0 Å². The van der Waals surface area contributed by atoms with Crippen LogP contribution in [0.2, 0.25) is 0 Å². The van der Waals surface area contributed by atoms with E-state index in [1.54, 1.807) is 0 Å². The minimum atomic E-state index is -1.55. The molecule has 15 atom stereocenters. The van der Waals surface area contributed by atoms with Crippen LogP contribution in [0.5, 0.6) is 0 Å². The fraction of sp³-hybridized carbons (Fsp3) is 0.375. The summed E-state index contributed by atoms with van der Waals surface area (Å²) in [5.74, 6) is -0.292. The molecule has 0 aliphatic carbocycles. The maximum absolute atomic E-state index is 13.5. The molecular weight excluding hydrogens is 1340 g/mol. The van der Waals surface area contributed by atoms with Gasteiger partial charge in [-0.3, -0.25) is 4.79 Å². The largest absolute Gasteiger partial charge is 0.469 e. The van der Waals surface area contributed by atoms with Crippen molar-refractivity contribution in [2.24, 2.45) is 0 Å². The van der Waals surface area contributed by atoms with Crippen molar-refractivity contribution < 1.29 is 85.7 Å². The maximum Gasteiger partial charge on any atom is 0.305 e. The van der Waals surface area contributed by atoms with Crippen molar-refractivity contribution >= 4 is 5.97 Å². The van der Waals surface area contributed by atoms with E-state index in [0.717, 1.165) is 50.1 Å². The van der Waals surface area contributed by atoms with E-state index in [0.29, 0.717) is 19.3 Å². The lowest BCUT2D eigenvalue weighted by Gasteiger charge is -2.51. The van der Waals surface area contributed by atoms with Gasteiger partial charge in [0.05, 0.1) is 86.4 Å². The number of rotatable bonds is 41. The van der Waals surface area contributed by atoms with Crippen LogP contribution in [0, 0.1) is 0 Å². The number of aliphatic hydroxyl groups excluding tert-OH is 1. The lowest BCUT2D eigenvalue weighted by molar-refractivity contribution is -0.404. The van der Waals surface area contributed by atoms with Gasteiger partial charge in [0, 0.05) is 13.0 Å². The Bertz CT molecular complexity index is 3840. The number of methoxy groups -OCH3 is 1. The van der Waals surface area contributed by atoms with Crippen LogP contribution in [0.25, 0.3) is 0 Å². The molecule has 0 saturated carbocycles. The molecule has 12 rings (SSSR count). The number of unbranched alkanes of at least 4 members (excludes halogenated alkanes) is 2. The summed E-state index contributed by atoms with van der Waals surface area (Å²) >= 11 is 0. The fourth-order valence-corrected chi connectivity index (χ4v) is 13.2. The van der Waals surface area contributed by atoms with Crippen LogP contribution < -0.4 is 0 Å². The zero-order valence-corrected chi connectivity index (χ0v) is 60.0. The zero-order valence-electron chi connectivity index (χ0n) is 60.0. The van der Waals surface area contributed by atoms with Crippen LogP contribution >= 0.6 is 0 Å². The van der Waals surface area contributed by atoms with E-state index in [-0.39, 0.29) is 98.3 Å². The summed E-state index contributed by atoms with van der Waals surface area (Å²) in [6.07, 6.45) is -15.0. The normalized spacial score (nSPS) is 24.5. The molecule has 0 bridgehead atoms. The molecule has 3 fully saturated rings. The Kier molecular flexibility index (Phi) is 31.0. The molecule has 0 amide bonds. The summed E-state index contributed by atoms with van der Waals surface area (Å²) in [6, 6.07) is 88.9. The Morgan fingerprint density at radius 3 is 0.887 bits per heavy atom. The number of carbonyl (C=O) groups is 1. The Morgan fingerprint density at radius 2 is 0.557 bits per heavy atom. The van der Waals surface area contributed by atoms with E-state index in [4.69, 9.17) is 75.8 Å². The average molecular weight is 1440 g/mol. The third-order valence-electron chi connectivity index (χ3n) is 18.8. The van der Waals surface area contributed by atoms with E-state index in [9.17, 15) is 9.90 Å². The highest BCUT2D eigenvalue weighted by atomic mass is 16.8. The van der Waals surface area contributed by atoms with Gasteiger partial charge >= 0.3 is 5.97 Å². The zero-order chi connectivity index (χ0) is 72.6. The first-order valence-electron chi connectivity index (χ1n) is 36.8. The minimum absolute atomic E-state index is 0.00699. The lowest BCUT2D eigenvalue weighted by Crippen LogP contribution is -2.68. The minimum Gasteiger partial charge on any atom is -0.469 e. The highest BCUT2D eigenvalue weighted by molar-refractivity contribution is 5.69. The van der Waals surface area contributed by atoms with Gasteiger partial charge < -0.3 is 80.9 Å². The Balaban J connectivity index is 0.980. The summed E-state index contributed by atoms with van der Waals surface area (Å²) in [4.78, 5) is 12.4. The van der Waals surface area contributed by atoms with Gasteiger partial charge in [0.1, 0.15) is 73.2 Å². The van der Waals surface area contributed by atoms with Crippen LogP contribution in [-0.4, -0.2) is 137 Å². The quantitative estimate of drug-likeness (QED) is 0.0281. The SMILES string of the molecule is COC(=O)CCCCCO[C@H]1O[C@H](COCc2ccccc2)[C@@H](OCc2ccccc2)[C@H](OCc2ccccc2)[C@@H]1O[C@@H]1O[C@H](COCc2ccccc2)[C@@H](OCc2ccccc2)[C@H](OCc2ccccc2)[C@@H]1O[C@@H]1O[C@H](COCc2ccccc2)[C@@H](OCc2ccccc2)[C@H](OCc2ccccc2)[C@H]1O. The van der Waals surface area contributed by atoms with Gasteiger partial charge in [0.15, 0.2) is 18.9 Å². The highest BCUT2D eigenvalue weighted by Gasteiger charge is 2.57. The second-order valence-electron chi connectivity index (χ2n) is 26.6. The number of carbonyl (C=O) groups excluding carboxylic acids is 1. The first-order valence-corrected chi connectivity index (χ1v) is 36.8. The molecule has 3 heterocycles. The molecule has 0 radical (unpaired) electrons. The summed E-state index contributed by atoms with van der Waals surface area (Å²) in [6.45, 7) is 1.70. The predicted molar refractivity (Wildman–Crippen MR) is 397 cm³/mol. The second-order valence-corrected chi connectivity index (χ2v) is 26.6. The van der Waals surface area contributed by atoms with Gasteiger partial charge in [-0.15, -0.1) is 0 Å². The molecule has 106 heavy (non-hydrogen) atoms. The number of esters is 1. The van der Waals surface area contributed by atoms with Gasteiger partial charge in [-0.25, -0.2) is 0 Å². The molecule has 3 aliphatic heterocycles. The van der Waals surface area contributed by atoms with Crippen molar-refractivity contribution in [2.45, 2.75) is 177 Å². The van der Waals surface area contributed by atoms with Crippen LogP contribution in [0.3, 0.4) is 0 Å². The van der Waals surface area contributed by atoms with Gasteiger partial charge in [-0.2, -0.15) is 0 Å². The Labute approximate surface area is 622 Å². The van der Waals surface area contributed by atoms with Crippen LogP contribution in [0.1, 0.15) is 75.8 Å². The third kappa shape index (κ3) is 23.7. The first kappa shape index (κ1) is 77.4. The lowest BCUT2D eigenvalue weighted by atomic mass is 9.95. The Hall–Kier alpha value is -8.19. The summed E-state index contributed by atoms with van der Waals surface area (Å²) in [7, 11) is 1.39. The fourth-order valence-electron chi connectivity index (χ4n) is 13.2. The Morgan fingerprint density at radius 1 is 0.292 bits per heavy atom. The van der Waals surface area contributed by atoms with Gasteiger partial charge in [-0.05, 0) is 62.9 Å². The van der Waals surface area contributed by atoms with E-state index in [1.165, 1.54) is 7.11 Å². The summed E-state index contributed by atoms with van der Waals surface area (Å²) in [5, 5.41) is 13.5. The second kappa shape index (κ2) is 42.4. The number of benzene rings is 9. The van der Waals surface area contributed by atoms with Gasteiger partial charge in [-0.1, -0.05) is 279 Å². The maximum atomic E-state index is 13.5. The van der Waals surface area contributed by atoms with Crippen molar-refractivity contribution in [3.05, 3.63) is 323 Å². The smallest absolute Gasteiger partial charge is 0.305 e. The topological polar surface area (TPSA) is 185 Å². The first-order chi connectivity index (χ1) is 52.4. The molecule has 1 N–H and O–H groups in total. The van der Waals surface area contributed by atoms with Crippen LogP contribution in [-0.2, 0) is 140 Å². The molecule has 3 aliphatic rings. The molecule has 9 aromatic carbocycles. The van der Waals surface area contributed by atoms with Gasteiger partial charge in [0.25, 0.3) is 0 Å². The number of hydrogen-bond acceptors (Lipinski definition) is 18. The van der Waals surface area contributed by atoms with Crippen molar-refractivity contribution in [1.29, 1.82) is 0 Å². The molecule has 18 nitrogen and oxygen atoms in total. The molecule has 0 aromatic heterocycles. The summed E-state index contributed by atoms with van der Waals surface area (Å²) in [5.41, 5.74) is 8.17. The van der Waals surface area contributed by atoms with E-state index < -0.39 is 92.1 Å². The van der Waals surface area contributed by atoms with Crippen molar-refractivity contribution in [1.82, 2.24) is 0 Å². The number of ether oxygens (including phenoxy) is 16. The number of hydrogen-bond donors (Lipinski definition) is 1. The van der Waals surface area contributed by atoms with Crippen molar-refractivity contribution in [3.63, 3.8) is 0 Å². The van der Waals surface area contributed by atoms with E-state index in [2.05, 4.69) is 0 Å². The van der Waals surface area contributed by atoms with Gasteiger partial charge in [0.2, 0.25) is 0 Å². The molecule has 9 aromatic rings. The third-order valence-corrected chi connectivity index (χ3v) is 18.8. The highest BCUT2D eigenvalue weighted by Crippen LogP contribution is 2.40.